The third-order valence-corrected chi connectivity index (χ3v) is 5.66. The summed E-state index contributed by atoms with van der Waals surface area (Å²) in [6.45, 7) is 10.5. The minimum atomic E-state index is 0.00694. The molecule has 1 saturated carbocycles. The molecule has 0 unspecified atom stereocenters. The van der Waals surface area contributed by atoms with Crippen molar-refractivity contribution < 1.29 is 13.1 Å². The van der Waals surface area contributed by atoms with Gasteiger partial charge in [0.25, 0.3) is 0 Å². The Balaban J connectivity index is 0.00000122. The van der Waals surface area contributed by atoms with Crippen molar-refractivity contribution in [1.82, 2.24) is 26.6 Å². The molecule has 0 bridgehead atoms. The van der Waals surface area contributed by atoms with Gasteiger partial charge in [-0.1, -0.05) is 12.8 Å². The monoisotopic (exact) mass is 479 g/mol. The third kappa shape index (κ3) is 12.5. The van der Waals surface area contributed by atoms with Gasteiger partial charge >= 0.3 is 33.3 Å². The molecule has 169 valence electrons. The summed E-state index contributed by atoms with van der Waals surface area (Å²) in [6.07, 6.45) is 7.55. The van der Waals surface area contributed by atoms with E-state index in [0.717, 1.165) is 52.1 Å². The fourth-order valence-electron chi connectivity index (χ4n) is 4.00. The fraction of sp³-hybridized carbons (Fsp3) is 1.00. The summed E-state index contributed by atoms with van der Waals surface area (Å²) in [5.41, 5.74) is 5.74. The van der Waals surface area contributed by atoms with Gasteiger partial charge in [-0.3, -0.25) is 0 Å². The van der Waals surface area contributed by atoms with E-state index in [9.17, 15) is 0 Å². The molecular formula is C19H42Cl2MnN6. The molecule has 1 aliphatic carbocycles. The SMILES string of the molecule is C[C@@H]1CN[C@@H](CCCN)CN[C@@H]2CCCC[C@H]2NCCN[C@@H](C)CN1.[Cl][Mn][Cl]. The Bertz CT molecular complexity index is 369. The minimum absolute atomic E-state index is 0.00694. The first-order chi connectivity index (χ1) is 13.6. The predicted molar refractivity (Wildman–Crippen MR) is 119 cm³/mol. The summed E-state index contributed by atoms with van der Waals surface area (Å²) in [5.74, 6) is 0. The summed E-state index contributed by atoms with van der Waals surface area (Å²) in [6, 6.07) is 2.71. The first-order valence-electron chi connectivity index (χ1n) is 10.8. The van der Waals surface area contributed by atoms with E-state index < -0.39 is 0 Å². The first kappa shape index (κ1) is 26.9. The van der Waals surface area contributed by atoms with Gasteiger partial charge in [-0.15, -0.1) is 0 Å². The van der Waals surface area contributed by atoms with Crippen LogP contribution >= 0.6 is 20.2 Å². The van der Waals surface area contributed by atoms with Crippen molar-refractivity contribution in [1.29, 1.82) is 0 Å². The Morgan fingerprint density at radius 1 is 0.821 bits per heavy atom. The second kappa shape index (κ2) is 17.5. The molecule has 0 aromatic heterocycles. The normalized spacial score (nSPS) is 33.5. The van der Waals surface area contributed by atoms with Crippen LogP contribution in [0.2, 0.25) is 0 Å². The van der Waals surface area contributed by atoms with E-state index in [-0.39, 0.29) is 13.1 Å². The molecular weight excluding hydrogens is 438 g/mol. The average molecular weight is 480 g/mol. The van der Waals surface area contributed by atoms with E-state index in [2.05, 4.69) is 40.4 Å². The van der Waals surface area contributed by atoms with Crippen LogP contribution in [0.25, 0.3) is 0 Å². The maximum absolute atomic E-state index is 5.74. The van der Waals surface area contributed by atoms with Crippen molar-refractivity contribution in [2.75, 3.05) is 39.3 Å². The van der Waals surface area contributed by atoms with Crippen LogP contribution in [0, 0.1) is 0 Å². The number of rotatable bonds is 3. The van der Waals surface area contributed by atoms with Crippen LogP contribution in [-0.2, 0) is 13.1 Å². The van der Waals surface area contributed by atoms with E-state index in [1.54, 1.807) is 0 Å². The molecule has 7 N–H and O–H groups in total. The molecule has 6 nitrogen and oxygen atoms in total. The second-order valence-electron chi connectivity index (χ2n) is 8.11. The van der Waals surface area contributed by atoms with Gasteiger partial charge in [-0.25, -0.2) is 0 Å². The van der Waals surface area contributed by atoms with Gasteiger partial charge in [0.05, 0.1) is 0 Å². The molecule has 0 aromatic carbocycles. The topological polar surface area (TPSA) is 86.2 Å². The van der Waals surface area contributed by atoms with Crippen LogP contribution in [0.3, 0.4) is 0 Å². The molecule has 2 rings (SSSR count). The standard InChI is InChI=1S/C19H42N6.2ClH.Mn/c1-15-12-23-16(2)13-24-17(6-5-9-20)14-25-19-8-4-3-7-18(19)22-11-10-21-15;;;/h15-19,21-25H,3-14,20H2,1-2H3;2*1H;/q;;;+2/p-2/t15-,16+,17-,18+,19+;;;/m0.../s1. The molecule has 0 aromatic rings. The molecule has 0 amide bonds. The van der Waals surface area contributed by atoms with Gasteiger partial charge in [0, 0.05) is 62.9 Å². The van der Waals surface area contributed by atoms with Gasteiger partial charge in [-0.2, -0.15) is 0 Å². The van der Waals surface area contributed by atoms with E-state index >= 15 is 0 Å². The Hall–Kier alpha value is 0.859. The summed E-state index contributed by atoms with van der Waals surface area (Å²) in [4.78, 5) is 0. The Morgan fingerprint density at radius 3 is 2.07 bits per heavy atom. The zero-order valence-corrected chi connectivity index (χ0v) is 20.3. The zero-order chi connectivity index (χ0) is 20.6. The summed E-state index contributed by atoms with van der Waals surface area (Å²) in [7, 11) is 9.59. The summed E-state index contributed by atoms with van der Waals surface area (Å²) >= 11 is 0.00694. The van der Waals surface area contributed by atoms with Gasteiger partial charge in [0.1, 0.15) is 0 Å². The molecule has 2 aliphatic rings. The van der Waals surface area contributed by atoms with E-state index in [1.165, 1.54) is 25.7 Å². The van der Waals surface area contributed by atoms with Crippen LogP contribution in [-0.4, -0.2) is 69.5 Å². The van der Waals surface area contributed by atoms with Gasteiger partial charge < -0.3 is 32.3 Å². The van der Waals surface area contributed by atoms with E-state index in [4.69, 9.17) is 25.9 Å². The van der Waals surface area contributed by atoms with Crippen molar-refractivity contribution in [2.45, 2.75) is 82.6 Å². The number of halogens is 2. The summed E-state index contributed by atoms with van der Waals surface area (Å²) in [5, 5.41) is 18.7. The van der Waals surface area contributed by atoms with E-state index in [1.807, 2.05) is 0 Å². The van der Waals surface area contributed by atoms with E-state index in [0.29, 0.717) is 30.2 Å². The van der Waals surface area contributed by atoms with Crippen molar-refractivity contribution in [3.8, 4) is 0 Å². The zero-order valence-electron chi connectivity index (χ0n) is 17.6. The molecule has 0 radical (unpaired) electrons. The van der Waals surface area contributed by atoms with Crippen LogP contribution in [0.15, 0.2) is 0 Å². The maximum atomic E-state index is 5.74. The molecule has 9 heteroatoms. The first-order valence-corrected chi connectivity index (χ1v) is 14.1. The Labute approximate surface area is 187 Å². The van der Waals surface area contributed by atoms with Crippen LogP contribution < -0.4 is 32.3 Å². The molecule has 0 spiro atoms. The quantitative estimate of drug-likeness (QED) is 0.344. The van der Waals surface area contributed by atoms with Crippen LogP contribution in [0.5, 0.6) is 0 Å². The summed E-state index contributed by atoms with van der Waals surface area (Å²) < 4.78 is 0. The van der Waals surface area contributed by atoms with Crippen molar-refractivity contribution in [3.63, 3.8) is 0 Å². The van der Waals surface area contributed by atoms with Gasteiger partial charge in [0.15, 0.2) is 0 Å². The number of fused-ring (bicyclic) bond motifs is 1. The Morgan fingerprint density at radius 2 is 1.39 bits per heavy atom. The second-order valence-corrected chi connectivity index (χ2v) is 10.1. The Kier molecular flexibility index (Phi) is 16.8. The van der Waals surface area contributed by atoms with Crippen LogP contribution in [0.1, 0.15) is 52.4 Å². The predicted octanol–water partition coefficient (Wildman–Crippen LogP) is 1.52. The molecule has 2 fully saturated rings. The number of hydrogen-bond acceptors (Lipinski definition) is 6. The van der Waals surface area contributed by atoms with Crippen LogP contribution in [0.4, 0.5) is 0 Å². The molecule has 1 heterocycles. The third-order valence-electron chi connectivity index (χ3n) is 5.66. The molecule has 1 saturated heterocycles. The fourth-order valence-corrected chi connectivity index (χ4v) is 4.00. The van der Waals surface area contributed by atoms with Gasteiger partial charge in [0.2, 0.25) is 0 Å². The van der Waals surface area contributed by atoms with Crippen molar-refractivity contribution >= 4 is 20.2 Å². The average Bonchev–Trinajstić information content (AvgIpc) is 2.70. The molecule has 1 aliphatic heterocycles. The number of hydrogen-bond donors (Lipinski definition) is 6. The molecule has 5 atom stereocenters. The number of nitrogens with one attached hydrogen (secondary N) is 5. The number of nitrogens with two attached hydrogens (primary N) is 1. The van der Waals surface area contributed by atoms with Crippen molar-refractivity contribution in [3.05, 3.63) is 0 Å². The van der Waals surface area contributed by atoms with Crippen molar-refractivity contribution in [2.24, 2.45) is 5.73 Å². The van der Waals surface area contributed by atoms with Gasteiger partial charge in [-0.05, 0) is 46.1 Å². The molecule has 28 heavy (non-hydrogen) atoms.